The Balaban J connectivity index is 2.33. The van der Waals surface area contributed by atoms with Crippen LogP contribution in [0, 0.1) is 13.8 Å². The van der Waals surface area contributed by atoms with E-state index in [0.29, 0.717) is 17.6 Å². The standard InChI is InChI=1S/C15H20N4/c1-9(2)12-6-5-7-13(8-12)19-15-10(3)14(16)17-11(4)18-15/h5-9H,1-4H3,(H3,16,17,18,19). The molecule has 1 aromatic carbocycles. The number of rotatable bonds is 3. The molecule has 2 aromatic rings. The Morgan fingerprint density at radius 3 is 2.58 bits per heavy atom. The van der Waals surface area contributed by atoms with Crippen molar-refractivity contribution in [3.8, 4) is 0 Å². The summed E-state index contributed by atoms with van der Waals surface area (Å²) in [6.07, 6.45) is 0. The van der Waals surface area contributed by atoms with Crippen molar-refractivity contribution in [2.24, 2.45) is 0 Å². The molecule has 4 heteroatoms. The molecule has 0 fully saturated rings. The first-order chi connectivity index (χ1) is 8.97. The zero-order valence-electron chi connectivity index (χ0n) is 11.9. The highest BCUT2D eigenvalue weighted by atomic mass is 15.1. The first kappa shape index (κ1) is 13.3. The molecule has 1 heterocycles. The lowest BCUT2D eigenvalue weighted by atomic mass is 10.0. The van der Waals surface area contributed by atoms with Crippen LogP contribution in [0.4, 0.5) is 17.3 Å². The number of nitrogens with zero attached hydrogens (tertiary/aromatic N) is 2. The van der Waals surface area contributed by atoms with Gasteiger partial charge in [-0.15, -0.1) is 0 Å². The number of hydrogen-bond acceptors (Lipinski definition) is 4. The van der Waals surface area contributed by atoms with Gasteiger partial charge >= 0.3 is 0 Å². The van der Waals surface area contributed by atoms with Gasteiger partial charge in [0, 0.05) is 11.3 Å². The van der Waals surface area contributed by atoms with Gasteiger partial charge in [-0.05, 0) is 37.5 Å². The summed E-state index contributed by atoms with van der Waals surface area (Å²) >= 11 is 0. The third-order valence-electron chi connectivity index (χ3n) is 3.11. The van der Waals surface area contributed by atoms with Crippen LogP contribution in [0.1, 0.15) is 36.7 Å². The molecule has 1 aromatic heterocycles. The van der Waals surface area contributed by atoms with E-state index in [1.807, 2.05) is 26.0 Å². The number of nitrogen functional groups attached to an aromatic ring is 1. The quantitative estimate of drug-likeness (QED) is 0.881. The summed E-state index contributed by atoms with van der Waals surface area (Å²) in [6.45, 7) is 8.11. The molecule has 0 aliphatic carbocycles. The number of benzene rings is 1. The van der Waals surface area contributed by atoms with E-state index in [1.54, 1.807) is 0 Å². The van der Waals surface area contributed by atoms with E-state index < -0.39 is 0 Å². The average Bonchev–Trinajstić information content (AvgIpc) is 2.35. The predicted molar refractivity (Wildman–Crippen MR) is 79.7 cm³/mol. The van der Waals surface area contributed by atoms with Crippen LogP contribution in [-0.2, 0) is 0 Å². The van der Waals surface area contributed by atoms with E-state index in [2.05, 4.69) is 41.3 Å². The number of nitrogens with two attached hydrogens (primary N) is 1. The van der Waals surface area contributed by atoms with E-state index in [0.717, 1.165) is 17.1 Å². The maximum absolute atomic E-state index is 5.86. The van der Waals surface area contributed by atoms with Crippen molar-refractivity contribution < 1.29 is 0 Å². The molecule has 0 saturated carbocycles. The van der Waals surface area contributed by atoms with Crippen LogP contribution in [0.5, 0.6) is 0 Å². The summed E-state index contributed by atoms with van der Waals surface area (Å²) < 4.78 is 0. The molecule has 0 aliphatic rings. The molecule has 4 nitrogen and oxygen atoms in total. The second-order valence-corrected chi connectivity index (χ2v) is 5.03. The van der Waals surface area contributed by atoms with Crippen LogP contribution in [0.3, 0.4) is 0 Å². The molecular formula is C15H20N4. The van der Waals surface area contributed by atoms with E-state index >= 15 is 0 Å². The maximum Gasteiger partial charge on any atom is 0.139 e. The Hall–Kier alpha value is -2.10. The third-order valence-corrected chi connectivity index (χ3v) is 3.11. The Morgan fingerprint density at radius 2 is 1.89 bits per heavy atom. The minimum Gasteiger partial charge on any atom is -0.383 e. The van der Waals surface area contributed by atoms with Gasteiger partial charge in [0.05, 0.1) is 0 Å². The molecule has 0 spiro atoms. The molecule has 100 valence electrons. The smallest absolute Gasteiger partial charge is 0.139 e. The SMILES string of the molecule is Cc1nc(N)c(C)c(Nc2cccc(C(C)C)c2)n1. The minimum absolute atomic E-state index is 0.500. The van der Waals surface area contributed by atoms with Crippen LogP contribution >= 0.6 is 0 Å². The highest BCUT2D eigenvalue weighted by molar-refractivity contribution is 5.64. The Labute approximate surface area is 114 Å². The van der Waals surface area contributed by atoms with Crippen molar-refractivity contribution >= 4 is 17.3 Å². The summed E-state index contributed by atoms with van der Waals surface area (Å²) in [5.74, 6) is 2.46. The molecular weight excluding hydrogens is 236 g/mol. The van der Waals surface area contributed by atoms with Gasteiger partial charge in [-0.2, -0.15) is 0 Å². The molecule has 3 N–H and O–H groups in total. The van der Waals surface area contributed by atoms with E-state index in [9.17, 15) is 0 Å². The van der Waals surface area contributed by atoms with Crippen LogP contribution in [-0.4, -0.2) is 9.97 Å². The van der Waals surface area contributed by atoms with Gasteiger partial charge < -0.3 is 11.1 Å². The van der Waals surface area contributed by atoms with Crippen molar-refractivity contribution in [1.29, 1.82) is 0 Å². The van der Waals surface area contributed by atoms with Crippen molar-refractivity contribution in [2.45, 2.75) is 33.6 Å². The van der Waals surface area contributed by atoms with Crippen molar-refractivity contribution in [3.63, 3.8) is 0 Å². The van der Waals surface area contributed by atoms with Crippen molar-refractivity contribution in [1.82, 2.24) is 9.97 Å². The summed E-state index contributed by atoms with van der Waals surface area (Å²) in [5.41, 5.74) is 9.05. The highest BCUT2D eigenvalue weighted by Gasteiger charge is 2.07. The van der Waals surface area contributed by atoms with Crippen LogP contribution in [0.25, 0.3) is 0 Å². The monoisotopic (exact) mass is 256 g/mol. The number of anilines is 3. The Kier molecular flexibility index (Phi) is 3.69. The number of nitrogens with one attached hydrogen (secondary N) is 1. The van der Waals surface area contributed by atoms with E-state index in [-0.39, 0.29) is 0 Å². The predicted octanol–water partition coefficient (Wildman–Crippen LogP) is 3.54. The van der Waals surface area contributed by atoms with Crippen molar-refractivity contribution in [2.75, 3.05) is 11.1 Å². The molecule has 0 aliphatic heterocycles. The molecule has 2 rings (SSSR count). The summed E-state index contributed by atoms with van der Waals surface area (Å²) in [6, 6.07) is 8.34. The molecule has 0 bridgehead atoms. The lowest BCUT2D eigenvalue weighted by molar-refractivity contribution is 0.867. The summed E-state index contributed by atoms with van der Waals surface area (Å²) in [5, 5.41) is 3.32. The van der Waals surface area contributed by atoms with Gasteiger partial charge in [0.25, 0.3) is 0 Å². The van der Waals surface area contributed by atoms with Gasteiger partial charge in [0.2, 0.25) is 0 Å². The zero-order chi connectivity index (χ0) is 14.0. The number of aromatic nitrogens is 2. The van der Waals surface area contributed by atoms with Gasteiger partial charge in [0.15, 0.2) is 0 Å². The van der Waals surface area contributed by atoms with Gasteiger partial charge in [-0.1, -0.05) is 26.0 Å². The molecule has 0 unspecified atom stereocenters. The lowest BCUT2D eigenvalue weighted by Crippen LogP contribution is -2.05. The van der Waals surface area contributed by atoms with Crippen molar-refractivity contribution in [3.05, 3.63) is 41.2 Å². The molecule has 0 atom stereocenters. The second-order valence-electron chi connectivity index (χ2n) is 5.03. The first-order valence-corrected chi connectivity index (χ1v) is 6.45. The van der Waals surface area contributed by atoms with E-state index in [1.165, 1.54) is 5.56 Å². The fourth-order valence-electron chi connectivity index (χ4n) is 1.88. The normalized spacial score (nSPS) is 10.8. The average molecular weight is 256 g/mol. The number of hydrogen-bond donors (Lipinski definition) is 2. The van der Waals surface area contributed by atoms with Crippen LogP contribution in [0.2, 0.25) is 0 Å². The zero-order valence-corrected chi connectivity index (χ0v) is 11.9. The fraction of sp³-hybridized carbons (Fsp3) is 0.333. The van der Waals surface area contributed by atoms with E-state index in [4.69, 9.17) is 5.73 Å². The molecule has 0 saturated heterocycles. The van der Waals surface area contributed by atoms with Gasteiger partial charge in [-0.25, -0.2) is 9.97 Å². The lowest BCUT2D eigenvalue weighted by Gasteiger charge is -2.13. The van der Waals surface area contributed by atoms with Gasteiger partial charge in [-0.3, -0.25) is 0 Å². The molecule has 19 heavy (non-hydrogen) atoms. The number of aryl methyl sites for hydroxylation is 1. The largest absolute Gasteiger partial charge is 0.383 e. The minimum atomic E-state index is 0.500. The molecule has 0 radical (unpaired) electrons. The fourth-order valence-corrected chi connectivity index (χ4v) is 1.88. The summed E-state index contributed by atoms with van der Waals surface area (Å²) in [4.78, 5) is 8.55. The Bertz CT molecular complexity index is 591. The first-order valence-electron chi connectivity index (χ1n) is 6.45. The highest BCUT2D eigenvalue weighted by Crippen LogP contribution is 2.24. The van der Waals surface area contributed by atoms with Crippen LogP contribution in [0.15, 0.2) is 24.3 Å². The second kappa shape index (κ2) is 5.26. The molecule has 0 amide bonds. The topological polar surface area (TPSA) is 63.8 Å². The van der Waals surface area contributed by atoms with Gasteiger partial charge in [0.1, 0.15) is 17.5 Å². The summed E-state index contributed by atoms with van der Waals surface area (Å²) in [7, 11) is 0. The van der Waals surface area contributed by atoms with Crippen LogP contribution < -0.4 is 11.1 Å². The Morgan fingerprint density at radius 1 is 1.16 bits per heavy atom. The maximum atomic E-state index is 5.86. The third kappa shape index (κ3) is 3.02.